The summed E-state index contributed by atoms with van der Waals surface area (Å²) in [6, 6.07) is 0.757. The van der Waals surface area contributed by atoms with Gasteiger partial charge < -0.3 is 5.32 Å². The molecule has 60 valence electrons. The summed E-state index contributed by atoms with van der Waals surface area (Å²) >= 11 is 0. The molecule has 0 spiro atoms. The van der Waals surface area contributed by atoms with Gasteiger partial charge in [0.05, 0.1) is 0 Å². The van der Waals surface area contributed by atoms with Crippen LogP contribution in [0.15, 0.2) is 0 Å². The lowest BCUT2D eigenvalue weighted by molar-refractivity contribution is 0.389. The average molecular weight is 141 g/mol. The maximum absolute atomic E-state index is 3.49. The van der Waals surface area contributed by atoms with Gasteiger partial charge in [0, 0.05) is 6.04 Å². The van der Waals surface area contributed by atoms with Crippen molar-refractivity contribution in [2.24, 2.45) is 5.92 Å². The topological polar surface area (TPSA) is 12.0 Å². The van der Waals surface area contributed by atoms with Gasteiger partial charge in [0.25, 0.3) is 0 Å². The first-order valence-electron chi connectivity index (χ1n) is 4.58. The molecule has 0 amide bonds. The third-order valence-electron chi connectivity index (χ3n) is 2.63. The van der Waals surface area contributed by atoms with Crippen LogP contribution in [-0.4, -0.2) is 12.6 Å². The van der Waals surface area contributed by atoms with E-state index in [0.29, 0.717) is 0 Å². The minimum absolute atomic E-state index is 0.757. The first kappa shape index (κ1) is 8.06. The molecular weight excluding hydrogens is 122 g/mol. The lowest BCUT2D eigenvalue weighted by Crippen LogP contribution is -2.31. The van der Waals surface area contributed by atoms with E-state index in [1.54, 1.807) is 0 Å². The minimum atomic E-state index is 0.757. The van der Waals surface area contributed by atoms with Crippen LogP contribution in [0, 0.1) is 5.92 Å². The van der Waals surface area contributed by atoms with E-state index in [4.69, 9.17) is 0 Å². The summed E-state index contributed by atoms with van der Waals surface area (Å²) in [7, 11) is 0. The molecule has 1 fully saturated rings. The van der Waals surface area contributed by atoms with Gasteiger partial charge in [0.15, 0.2) is 0 Å². The van der Waals surface area contributed by atoms with Crippen LogP contribution in [0.25, 0.3) is 0 Å². The van der Waals surface area contributed by atoms with Crippen LogP contribution in [0.4, 0.5) is 0 Å². The molecule has 0 aliphatic heterocycles. The van der Waals surface area contributed by atoms with Gasteiger partial charge in [-0.05, 0) is 32.2 Å². The summed E-state index contributed by atoms with van der Waals surface area (Å²) in [5.74, 6) is 0.972. The molecule has 0 heterocycles. The third-order valence-corrected chi connectivity index (χ3v) is 2.63. The van der Waals surface area contributed by atoms with Gasteiger partial charge in [0.1, 0.15) is 0 Å². The van der Waals surface area contributed by atoms with Crippen molar-refractivity contribution >= 4 is 0 Å². The molecular formula is C9H19N. The summed E-state index contributed by atoms with van der Waals surface area (Å²) in [5, 5.41) is 3.49. The Morgan fingerprint density at radius 2 is 2.00 bits per heavy atom. The Bertz CT molecular complexity index is 84.7. The quantitative estimate of drug-likeness (QED) is 0.635. The zero-order valence-corrected chi connectivity index (χ0v) is 7.19. The molecule has 1 rings (SSSR count). The van der Waals surface area contributed by atoms with Gasteiger partial charge in [-0.1, -0.05) is 19.8 Å². The fraction of sp³-hybridized carbons (Fsp3) is 1.00. The molecule has 0 bridgehead atoms. The monoisotopic (exact) mass is 141 g/mol. The zero-order valence-electron chi connectivity index (χ0n) is 7.19. The first-order valence-corrected chi connectivity index (χ1v) is 4.58. The molecule has 1 nitrogen and oxygen atoms in total. The fourth-order valence-corrected chi connectivity index (χ4v) is 1.95. The molecule has 1 atom stereocenters. The second kappa shape index (κ2) is 3.97. The molecule has 0 aromatic rings. The molecule has 0 aromatic heterocycles. The van der Waals surface area contributed by atoms with Crippen LogP contribution in [0.5, 0.6) is 0 Å². The number of hydrogen-bond acceptors (Lipinski definition) is 1. The molecule has 0 aromatic carbocycles. The Morgan fingerprint density at radius 3 is 2.50 bits per heavy atom. The highest BCUT2D eigenvalue weighted by atomic mass is 14.9. The second-order valence-electron chi connectivity index (χ2n) is 3.39. The summed E-state index contributed by atoms with van der Waals surface area (Å²) in [6.07, 6.45) is 5.82. The van der Waals surface area contributed by atoms with Gasteiger partial charge in [-0.25, -0.2) is 0 Å². The smallest absolute Gasteiger partial charge is 0.00668 e. The van der Waals surface area contributed by atoms with Gasteiger partial charge in [-0.2, -0.15) is 0 Å². The molecule has 1 heteroatoms. The summed E-state index contributed by atoms with van der Waals surface area (Å²) in [6.45, 7) is 5.63. The van der Waals surface area contributed by atoms with E-state index in [-0.39, 0.29) is 0 Å². The number of nitrogens with one attached hydrogen (secondary N) is 1. The van der Waals surface area contributed by atoms with E-state index in [1.807, 2.05) is 0 Å². The maximum Gasteiger partial charge on any atom is 0.00668 e. The summed E-state index contributed by atoms with van der Waals surface area (Å²) < 4.78 is 0. The van der Waals surface area contributed by atoms with E-state index >= 15 is 0 Å². The third kappa shape index (κ3) is 1.98. The van der Waals surface area contributed by atoms with Crippen molar-refractivity contribution < 1.29 is 0 Å². The van der Waals surface area contributed by atoms with Crippen LogP contribution in [0.2, 0.25) is 0 Å². The molecule has 0 saturated heterocycles. The zero-order chi connectivity index (χ0) is 7.40. The maximum atomic E-state index is 3.49. The molecule has 0 radical (unpaired) electrons. The molecule has 1 N–H and O–H groups in total. The van der Waals surface area contributed by atoms with Crippen molar-refractivity contribution in [2.45, 2.75) is 45.6 Å². The summed E-state index contributed by atoms with van der Waals surface area (Å²) in [4.78, 5) is 0. The largest absolute Gasteiger partial charge is 0.314 e. The van der Waals surface area contributed by atoms with Crippen LogP contribution >= 0.6 is 0 Å². The van der Waals surface area contributed by atoms with Crippen LogP contribution in [0.3, 0.4) is 0 Å². The van der Waals surface area contributed by atoms with E-state index in [0.717, 1.165) is 18.5 Å². The van der Waals surface area contributed by atoms with Crippen molar-refractivity contribution in [2.75, 3.05) is 6.54 Å². The second-order valence-corrected chi connectivity index (χ2v) is 3.39. The lowest BCUT2D eigenvalue weighted by atomic mass is 10.00. The van der Waals surface area contributed by atoms with Crippen molar-refractivity contribution in [1.29, 1.82) is 0 Å². The Kier molecular flexibility index (Phi) is 3.20. The highest BCUT2D eigenvalue weighted by Crippen LogP contribution is 2.27. The molecule has 1 saturated carbocycles. The minimum Gasteiger partial charge on any atom is -0.314 e. The highest BCUT2D eigenvalue weighted by molar-refractivity contribution is 4.76. The lowest BCUT2D eigenvalue weighted by Gasteiger charge is -2.18. The van der Waals surface area contributed by atoms with Crippen molar-refractivity contribution in [1.82, 2.24) is 5.32 Å². The predicted octanol–water partition coefficient (Wildman–Crippen LogP) is 2.17. The molecule has 1 aliphatic carbocycles. The summed E-state index contributed by atoms with van der Waals surface area (Å²) in [5.41, 5.74) is 0. The fourth-order valence-electron chi connectivity index (χ4n) is 1.95. The van der Waals surface area contributed by atoms with Crippen molar-refractivity contribution in [3.8, 4) is 0 Å². The van der Waals surface area contributed by atoms with E-state index in [2.05, 4.69) is 19.2 Å². The first-order chi connectivity index (χ1) is 4.84. The number of rotatable bonds is 3. The van der Waals surface area contributed by atoms with Gasteiger partial charge >= 0.3 is 0 Å². The van der Waals surface area contributed by atoms with Gasteiger partial charge in [-0.15, -0.1) is 0 Å². The predicted molar refractivity (Wildman–Crippen MR) is 45.1 cm³/mol. The number of hydrogen-bond donors (Lipinski definition) is 1. The Labute approximate surface area is 64.2 Å². The van der Waals surface area contributed by atoms with E-state index < -0.39 is 0 Å². The standard InChI is InChI=1S/C9H19N/c1-3-10-8(2)9-6-4-5-7-9/h8-10H,3-7H2,1-2H3. The average Bonchev–Trinajstić information content (AvgIpc) is 2.38. The van der Waals surface area contributed by atoms with Crippen LogP contribution in [0.1, 0.15) is 39.5 Å². The van der Waals surface area contributed by atoms with Gasteiger partial charge in [-0.3, -0.25) is 0 Å². The normalized spacial score (nSPS) is 23.4. The van der Waals surface area contributed by atoms with Gasteiger partial charge in [0.2, 0.25) is 0 Å². The van der Waals surface area contributed by atoms with E-state index in [1.165, 1.54) is 25.7 Å². The molecule has 1 unspecified atom stereocenters. The van der Waals surface area contributed by atoms with Crippen molar-refractivity contribution in [3.05, 3.63) is 0 Å². The van der Waals surface area contributed by atoms with Crippen molar-refractivity contribution in [3.63, 3.8) is 0 Å². The molecule has 1 aliphatic rings. The highest BCUT2D eigenvalue weighted by Gasteiger charge is 2.19. The van der Waals surface area contributed by atoms with Crippen LogP contribution < -0.4 is 5.32 Å². The van der Waals surface area contributed by atoms with E-state index in [9.17, 15) is 0 Å². The Balaban J connectivity index is 2.18. The Morgan fingerprint density at radius 1 is 1.40 bits per heavy atom. The SMILES string of the molecule is CCNC(C)C1CCCC1. The van der Waals surface area contributed by atoms with Crippen LogP contribution in [-0.2, 0) is 0 Å². The Hall–Kier alpha value is -0.0400. The molecule has 10 heavy (non-hydrogen) atoms.